The van der Waals surface area contributed by atoms with Crippen molar-refractivity contribution in [2.75, 3.05) is 39.3 Å². The number of nitrogens with zero attached hydrogens (tertiary/aromatic N) is 6. The van der Waals surface area contributed by atoms with Gasteiger partial charge in [-0.05, 0) is 49.4 Å². The highest BCUT2D eigenvalue weighted by Crippen LogP contribution is 2.12. The Morgan fingerprint density at radius 3 is 2.59 bits per heavy atom. The van der Waals surface area contributed by atoms with Crippen molar-refractivity contribution < 1.29 is 14.3 Å². The first-order valence-electron chi connectivity index (χ1n) is 9.64. The van der Waals surface area contributed by atoms with Crippen LogP contribution in [0.5, 0.6) is 0 Å². The molecular weight excluding hydrogens is 374 g/mol. The number of ether oxygens (including phenoxy) is 1. The highest BCUT2D eigenvalue weighted by atomic mass is 16.6. The van der Waals surface area contributed by atoms with Gasteiger partial charge in [0, 0.05) is 44.8 Å². The van der Waals surface area contributed by atoms with Gasteiger partial charge in [-0.1, -0.05) is 6.07 Å². The number of benzene rings is 1. The van der Waals surface area contributed by atoms with Crippen LogP contribution < -0.4 is 5.32 Å². The third-order valence-corrected chi connectivity index (χ3v) is 4.46. The van der Waals surface area contributed by atoms with Crippen molar-refractivity contribution in [1.82, 2.24) is 35.3 Å². The average molecular weight is 401 g/mol. The summed E-state index contributed by atoms with van der Waals surface area (Å²) in [5.41, 5.74) is 0.786. The molecule has 2 heterocycles. The minimum absolute atomic E-state index is 0.146. The molecule has 0 radical (unpaired) electrons. The van der Waals surface area contributed by atoms with E-state index in [1.807, 2.05) is 26.8 Å². The van der Waals surface area contributed by atoms with Gasteiger partial charge in [0.15, 0.2) is 0 Å². The van der Waals surface area contributed by atoms with Crippen molar-refractivity contribution in [1.29, 1.82) is 0 Å². The van der Waals surface area contributed by atoms with Gasteiger partial charge in [-0.25, -0.2) is 9.48 Å². The lowest BCUT2D eigenvalue weighted by Gasteiger charge is -2.35. The second kappa shape index (κ2) is 8.99. The van der Waals surface area contributed by atoms with Crippen LogP contribution in [0.3, 0.4) is 0 Å². The smallest absolute Gasteiger partial charge is 0.410 e. The lowest BCUT2D eigenvalue weighted by molar-refractivity contribution is 0.0147. The van der Waals surface area contributed by atoms with Gasteiger partial charge < -0.3 is 15.0 Å². The van der Waals surface area contributed by atoms with Gasteiger partial charge in [0.25, 0.3) is 5.91 Å². The van der Waals surface area contributed by atoms with E-state index < -0.39 is 5.60 Å². The lowest BCUT2D eigenvalue weighted by atomic mass is 10.2. The Kier molecular flexibility index (Phi) is 6.42. The summed E-state index contributed by atoms with van der Waals surface area (Å²) in [6, 6.07) is 7.12. The first-order valence-corrected chi connectivity index (χ1v) is 9.64. The van der Waals surface area contributed by atoms with Gasteiger partial charge in [-0.3, -0.25) is 9.69 Å². The Balaban J connectivity index is 1.41. The molecule has 0 saturated carbocycles. The Morgan fingerprint density at radius 1 is 1.17 bits per heavy atom. The molecule has 0 aliphatic carbocycles. The molecule has 1 saturated heterocycles. The minimum atomic E-state index is -0.486. The number of hydrogen-bond acceptors (Lipinski definition) is 7. The molecule has 1 fully saturated rings. The zero-order valence-electron chi connectivity index (χ0n) is 17.0. The van der Waals surface area contributed by atoms with Crippen LogP contribution in [-0.2, 0) is 4.74 Å². The molecule has 1 aromatic heterocycles. The van der Waals surface area contributed by atoms with Crippen LogP contribution in [0, 0.1) is 0 Å². The summed E-state index contributed by atoms with van der Waals surface area (Å²) in [7, 11) is 0. The highest BCUT2D eigenvalue weighted by Gasteiger charge is 2.25. The van der Waals surface area contributed by atoms with Crippen molar-refractivity contribution >= 4 is 12.0 Å². The number of hydrogen-bond donors (Lipinski definition) is 1. The topological polar surface area (TPSA) is 105 Å². The summed E-state index contributed by atoms with van der Waals surface area (Å²) >= 11 is 0. The molecule has 0 unspecified atom stereocenters. The van der Waals surface area contributed by atoms with Gasteiger partial charge in [-0.15, -0.1) is 5.10 Å². The maximum Gasteiger partial charge on any atom is 0.410 e. The molecule has 0 atom stereocenters. The van der Waals surface area contributed by atoms with E-state index in [0.717, 1.165) is 25.3 Å². The van der Waals surface area contributed by atoms with Gasteiger partial charge in [0.1, 0.15) is 11.9 Å². The molecule has 3 rings (SSSR count). The number of tetrazole rings is 1. The minimum Gasteiger partial charge on any atom is -0.444 e. The van der Waals surface area contributed by atoms with Crippen LogP contribution >= 0.6 is 0 Å². The van der Waals surface area contributed by atoms with Crippen LogP contribution in [-0.4, -0.2) is 86.9 Å². The standard InChI is InChI=1S/C19H27N7O3/c1-19(2,3)29-18(28)25-11-9-24(10-12-25)8-7-20-17(27)15-5-4-6-16(13-15)26-14-21-22-23-26/h4-6,13-14H,7-12H2,1-3H3,(H,20,27). The fourth-order valence-electron chi connectivity index (χ4n) is 2.98. The normalized spacial score (nSPS) is 15.2. The zero-order chi connectivity index (χ0) is 20.9. The zero-order valence-corrected chi connectivity index (χ0v) is 17.0. The lowest BCUT2D eigenvalue weighted by Crippen LogP contribution is -2.51. The van der Waals surface area contributed by atoms with E-state index in [9.17, 15) is 9.59 Å². The molecule has 2 aromatic rings. The second-order valence-electron chi connectivity index (χ2n) is 7.87. The molecule has 1 aliphatic heterocycles. The van der Waals surface area contributed by atoms with Crippen LogP contribution in [0.15, 0.2) is 30.6 Å². The number of piperazine rings is 1. The monoisotopic (exact) mass is 401 g/mol. The second-order valence-corrected chi connectivity index (χ2v) is 7.87. The molecule has 1 N–H and O–H groups in total. The van der Waals surface area contributed by atoms with E-state index in [1.54, 1.807) is 23.1 Å². The summed E-state index contributed by atoms with van der Waals surface area (Å²) in [6.07, 6.45) is 1.21. The fourth-order valence-corrected chi connectivity index (χ4v) is 2.98. The van der Waals surface area contributed by atoms with Crippen LogP contribution in [0.4, 0.5) is 4.79 Å². The maximum absolute atomic E-state index is 12.4. The Morgan fingerprint density at radius 2 is 1.93 bits per heavy atom. The molecular formula is C19H27N7O3. The number of rotatable bonds is 5. The number of nitrogens with one attached hydrogen (secondary N) is 1. The highest BCUT2D eigenvalue weighted by molar-refractivity contribution is 5.94. The third kappa shape index (κ3) is 5.98. The predicted molar refractivity (Wildman–Crippen MR) is 106 cm³/mol. The average Bonchev–Trinajstić information content (AvgIpc) is 3.22. The van der Waals surface area contributed by atoms with E-state index >= 15 is 0 Å². The van der Waals surface area contributed by atoms with Gasteiger partial charge >= 0.3 is 6.09 Å². The van der Waals surface area contributed by atoms with Gasteiger partial charge in [-0.2, -0.15) is 0 Å². The quantitative estimate of drug-likeness (QED) is 0.795. The van der Waals surface area contributed by atoms with E-state index in [4.69, 9.17) is 4.74 Å². The van der Waals surface area contributed by atoms with Crippen molar-refractivity contribution in [2.45, 2.75) is 26.4 Å². The Hall–Kier alpha value is -3.01. The van der Waals surface area contributed by atoms with Crippen LogP contribution in [0.1, 0.15) is 31.1 Å². The number of amides is 2. The van der Waals surface area contributed by atoms with E-state index in [0.29, 0.717) is 25.2 Å². The molecule has 156 valence electrons. The molecule has 1 aromatic carbocycles. The first kappa shape index (κ1) is 20.7. The number of carbonyl (C=O) groups excluding carboxylic acids is 2. The van der Waals surface area contributed by atoms with Crippen LogP contribution in [0.25, 0.3) is 5.69 Å². The summed E-state index contributed by atoms with van der Waals surface area (Å²) in [6.45, 7) is 9.59. The van der Waals surface area contributed by atoms with Gasteiger partial charge in [0.2, 0.25) is 0 Å². The summed E-state index contributed by atoms with van der Waals surface area (Å²) in [4.78, 5) is 28.5. The number of aromatic nitrogens is 4. The first-order chi connectivity index (χ1) is 13.8. The predicted octanol–water partition coefficient (Wildman–Crippen LogP) is 0.945. The van der Waals surface area contributed by atoms with Crippen molar-refractivity contribution in [3.8, 4) is 5.69 Å². The molecule has 2 amide bonds. The van der Waals surface area contributed by atoms with E-state index in [2.05, 4.69) is 25.7 Å². The molecule has 1 aliphatic rings. The maximum atomic E-state index is 12.4. The summed E-state index contributed by atoms with van der Waals surface area (Å²) in [5, 5.41) is 14.0. The van der Waals surface area contributed by atoms with Crippen molar-refractivity contribution in [3.63, 3.8) is 0 Å². The summed E-state index contributed by atoms with van der Waals surface area (Å²) < 4.78 is 6.91. The summed E-state index contributed by atoms with van der Waals surface area (Å²) in [5.74, 6) is -0.146. The SMILES string of the molecule is CC(C)(C)OC(=O)N1CCN(CCNC(=O)c2cccc(-n3cnnn3)c2)CC1. The molecule has 10 heteroatoms. The largest absolute Gasteiger partial charge is 0.444 e. The van der Waals surface area contributed by atoms with Crippen molar-refractivity contribution in [3.05, 3.63) is 36.2 Å². The van der Waals surface area contributed by atoms with E-state index in [1.165, 1.54) is 11.0 Å². The molecule has 10 nitrogen and oxygen atoms in total. The van der Waals surface area contributed by atoms with E-state index in [-0.39, 0.29) is 12.0 Å². The Bertz CT molecular complexity index is 825. The molecule has 29 heavy (non-hydrogen) atoms. The van der Waals surface area contributed by atoms with Crippen LogP contribution in [0.2, 0.25) is 0 Å². The number of carbonyl (C=O) groups is 2. The fraction of sp³-hybridized carbons (Fsp3) is 0.526. The third-order valence-electron chi connectivity index (χ3n) is 4.46. The van der Waals surface area contributed by atoms with Crippen molar-refractivity contribution in [2.24, 2.45) is 0 Å². The Labute approximate surface area is 169 Å². The molecule has 0 spiro atoms. The molecule has 0 bridgehead atoms. The van der Waals surface area contributed by atoms with Gasteiger partial charge in [0.05, 0.1) is 5.69 Å².